The molecule has 0 fully saturated rings. The van der Waals surface area contributed by atoms with Crippen LogP contribution < -0.4 is 5.32 Å². The van der Waals surface area contributed by atoms with Crippen LogP contribution in [0.4, 0.5) is 0 Å². The highest BCUT2D eigenvalue weighted by atomic mass is 79.9. The Balaban J connectivity index is 2.09. The third-order valence-corrected chi connectivity index (χ3v) is 5.01. The van der Waals surface area contributed by atoms with Gasteiger partial charge in [0.25, 0.3) is 0 Å². The van der Waals surface area contributed by atoms with E-state index in [9.17, 15) is 0 Å². The van der Waals surface area contributed by atoms with E-state index in [0.29, 0.717) is 6.04 Å². The normalized spacial score (nSPS) is 12.6. The number of hydrogen-bond acceptors (Lipinski definition) is 3. The summed E-state index contributed by atoms with van der Waals surface area (Å²) in [7, 11) is 1.93. The summed E-state index contributed by atoms with van der Waals surface area (Å²) in [5, 5.41) is 7.70. The van der Waals surface area contributed by atoms with Crippen molar-refractivity contribution < 1.29 is 0 Å². The van der Waals surface area contributed by atoms with Gasteiger partial charge in [0, 0.05) is 28.7 Å². The van der Waals surface area contributed by atoms with Gasteiger partial charge < -0.3 is 5.32 Å². The Morgan fingerprint density at radius 1 is 1.45 bits per heavy atom. The molecule has 1 aromatic heterocycles. The Kier molecular flexibility index (Phi) is 5.69. The summed E-state index contributed by atoms with van der Waals surface area (Å²) < 4.78 is 2.95. The molecule has 2 rings (SSSR count). The summed E-state index contributed by atoms with van der Waals surface area (Å²) in [6, 6.07) is 6.94. The second kappa shape index (κ2) is 7.29. The molecule has 0 aliphatic heterocycles. The Morgan fingerprint density at radius 3 is 2.85 bits per heavy atom. The summed E-state index contributed by atoms with van der Waals surface area (Å²) >= 11 is 5.39. The maximum Gasteiger partial charge on any atom is 0.0629 e. The molecule has 0 saturated carbocycles. The third kappa shape index (κ3) is 4.11. The predicted molar refractivity (Wildman–Crippen MR) is 88.2 cm³/mol. The Labute approximate surface area is 133 Å². The van der Waals surface area contributed by atoms with E-state index in [2.05, 4.69) is 58.4 Å². The first-order chi connectivity index (χ1) is 9.60. The number of benzene rings is 1. The number of rotatable bonds is 6. The standard InChI is InChI=1S/C15H20BrN3S/c1-4-7-17-11(2)12-5-6-15(14(16)8-12)20-13-9-18-19(3)10-13/h5-6,8-11,17H,4,7H2,1-3H3. The van der Waals surface area contributed by atoms with E-state index in [-0.39, 0.29) is 0 Å². The van der Waals surface area contributed by atoms with E-state index in [0.717, 1.165) is 22.3 Å². The van der Waals surface area contributed by atoms with Crippen molar-refractivity contribution in [2.75, 3.05) is 6.54 Å². The van der Waals surface area contributed by atoms with Gasteiger partial charge in [-0.1, -0.05) is 24.8 Å². The zero-order valence-corrected chi connectivity index (χ0v) is 14.5. The van der Waals surface area contributed by atoms with Crippen LogP contribution in [0.2, 0.25) is 0 Å². The fraction of sp³-hybridized carbons (Fsp3) is 0.400. The van der Waals surface area contributed by atoms with Crippen LogP contribution in [0.15, 0.2) is 44.9 Å². The zero-order chi connectivity index (χ0) is 14.5. The summed E-state index contributed by atoms with van der Waals surface area (Å²) in [5.74, 6) is 0. The van der Waals surface area contributed by atoms with E-state index >= 15 is 0 Å². The summed E-state index contributed by atoms with van der Waals surface area (Å²) in [5.41, 5.74) is 1.31. The molecular formula is C15H20BrN3S. The average molecular weight is 354 g/mol. The van der Waals surface area contributed by atoms with Crippen molar-refractivity contribution in [1.29, 1.82) is 0 Å². The molecule has 1 heterocycles. The molecule has 1 unspecified atom stereocenters. The molecule has 0 bridgehead atoms. The molecular weight excluding hydrogens is 334 g/mol. The molecule has 0 aliphatic carbocycles. The van der Waals surface area contributed by atoms with Gasteiger partial charge in [0.05, 0.1) is 11.1 Å². The minimum Gasteiger partial charge on any atom is -0.310 e. The number of nitrogens with one attached hydrogen (secondary N) is 1. The number of aryl methyl sites for hydroxylation is 1. The lowest BCUT2D eigenvalue weighted by molar-refractivity contribution is 0.570. The zero-order valence-electron chi connectivity index (χ0n) is 12.1. The van der Waals surface area contributed by atoms with Crippen LogP contribution in [0.5, 0.6) is 0 Å². The van der Waals surface area contributed by atoms with E-state index in [1.54, 1.807) is 11.8 Å². The molecule has 1 atom stereocenters. The van der Waals surface area contributed by atoms with Gasteiger partial charge >= 0.3 is 0 Å². The molecule has 0 aliphatic rings. The molecule has 2 aromatic rings. The summed E-state index contributed by atoms with van der Waals surface area (Å²) in [6.45, 7) is 5.43. The second-order valence-corrected chi connectivity index (χ2v) is 6.79. The van der Waals surface area contributed by atoms with Gasteiger partial charge in [0.2, 0.25) is 0 Å². The van der Waals surface area contributed by atoms with Crippen molar-refractivity contribution >= 4 is 27.7 Å². The van der Waals surface area contributed by atoms with Crippen molar-refractivity contribution in [1.82, 2.24) is 15.1 Å². The molecule has 1 aromatic carbocycles. The quantitative estimate of drug-likeness (QED) is 0.834. The second-order valence-electron chi connectivity index (χ2n) is 4.82. The average Bonchev–Trinajstić information content (AvgIpc) is 2.83. The molecule has 0 spiro atoms. The van der Waals surface area contributed by atoms with E-state index in [1.807, 2.05) is 24.1 Å². The molecule has 1 N–H and O–H groups in total. The lowest BCUT2D eigenvalue weighted by Crippen LogP contribution is -2.19. The lowest BCUT2D eigenvalue weighted by atomic mass is 10.1. The van der Waals surface area contributed by atoms with Crippen molar-refractivity contribution in [3.05, 3.63) is 40.6 Å². The topological polar surface area (TPSA) is 29.9 Å². The molecule has 0 radical (unpaired) electrons. The molecule has 0 amide bonds. The van der Waals surface area contributed by atoms with Crippen LogP contribution in [0, 0.1) is 0 Å². The van der Waals surface area contributed by atoms with E-state index in [4.69, 9.17) is 0 Å². The maximum atomic E-state index is 4.19. The van der Waals surface area contributed by atoms with E-state index < -0.39 is 0 Å². The lowest BCUT2D eigenvalue weighted by Gasteiger charge is -2.15. The van der Waals surface area contributed by atoms with Gasteiger partial charge in [-0.15, -0.1) is 0 Å². The highest BCUT2D eigenvalue weighted by Gasteiger charge is 2.09. The van der Waals surface area contributed by atoms with Crippen molar-refractivity contribution in [2.45, 2.75) is 36.1 Å². The van der Waals surface area contributed by atoms with Gasteiger partial charge in [-0.3, -0.25) is 4.68 Å². The van der Waals surface area contributed by atoms with Crippen LogP contribution in [0.25, 0.3) is 0 Å². The minimum absolute atomic E-state index is 0.378. The maximum absolute atomic E-state index is 4.19. The van der Waals surface area contributed by atoms with Gasteiger partial charge in [-0.25, -0.2) is 0 Å². The van der Waals surface area contributed by atoms with Crippen molar-refractivity contribution in [2.24, 2.45) is 7.05 Å². The highest BCUT2D eigenvalue weighted by Crippen LogP contribution is 2.34. The van der Waals surface area contributed by atoms with Gasteiger partial charge in [-0.2, -0.15) is 5.10 Å². The largest absolute Gasteiger partial charge is 0.310 e. The predicted octanol–water partition coefficient (Wildman–Crippen LogP) is 4.39. The van der Waals surface area contributed by atoms with Gasteiger partial charge in [-0.05, 0) is 53.5 Å². The Morgan fingerprint density at radius 2 is 2.25 bits per heavy atom. The van der Waals surface area contributed by atoms with Crippen LogP contribution in [0.3, 0.4) is 0 Å². The number of halogens is 1. The van der Waals surface area contributed by atoms with Crippen molar-refractivity contribution in [3.63, 3.8) is 0 Å². The molecule has 5 heteroatoms. The highest BCUT2D eigenvalue weighted by molar-refractivity contribution is 9.10. The summed E-state index contributed by atoms with van der Waals surface area (Å²) in [4.78, 5) is 2.36. The smallest absolute Gasteiger partial charge is 0.0629 e. The Bertz CT molecular complexity index is 568. The number of hydrogen-bond donors (Lipinski definition) is 1. The number of aromatic nitrogens is 2. The van der Waals surface area contributed by atoms with Gasteiger partial charge in [0.1, 0.15) is 0 Å². The molecule has 3 nitrogen and oxygen atoms in total. The van der Waals surface area contributed by atoms with Crippen LogP contribution in [-0.2, 0) is 7.05 Å². The van der Waals surface area contributed by atoms with Crippen LogP contribution in [-0.4, -0.2) is 16.3 Å². The number of nitrogens with zero attached hydrogens (tertiary/aromatic N) is 2. The first kappa shape index (κ1) is 15.6. The molecule has 108 valence electrons. The van der Waals surface area contributed by atoms with Crippen molar-refractivity contribution in [3.8, 4) is 0 Å². The van der Waals surface area contributed by atoms with Crippen LogP contribution >= 0.6 is 27.7 Å². The first-order valence-corrected chi connectivity index (χ1v) is 8.40. The fourth-order valence-corrected chi connectivity index (χ4v) is 3.42. The third-order valence-electron chi connectivity index (χ3n) is 3.07. The first-order valence-electron chi connectivity index (χ1n) is 6.79. The summed E-state index contributed by atoms with van der Waals surface area (Å²) in [6.07, 6.45) is 5.06. The SMILES string of the molecule is CCCNC(C)c1ccc(Sc2cnn(C)c2)c(Br)c1. The molecule has 0 saturated heterocycles. The monoisotopic (exact) mass is 353 g/mol. The van der Waals surface area contributed by atoms with Gasteiger partial charge in [0.15, 0.2) is 0 Å². The molecule has 20 heavy (non-hydrogen) atoms. The van der Waals surface area contributed by atoms with Crippen LogP contribution in [0.1, 0.15) is 31.9 Å². The minimum atomic E-state index is 0.378. The Hall–Kier alpha value is -0.780. The van der Waals surface area contributed by atoms with E-state index in [1.165, 1.54) is 10.5 Å². The fourth-order valence-electron chi connectivity index (χ4n) is 1.93.